The van der Waals surface area contributed by atoms with Gasteiger partial charge in [-0.25, -0.2) is 4.98 Å². The fourth-order valence-corrected chi connectivity index (χ4v) is 2.99. The lowest BCUT2D eigenvalue weighted by Crippen LogP contribution is -2.39. The molecule has 1 aromatic heterocycles. The van der Waals surface area contributed by atoms with E-state index in [-0.39, 0.29) is 5.54 Å². The fourth-order valence-electron chi connectivity index (χ4n) is 2.61. The van der Waals surface area contributed by atoms with E-state index >= 15 is 0 Å². The Balaban J connectivity index is 2.31. The summed E-state index contributed by atoms with van der Waals surface area (Å²) in [6.07, 6.45) is 4.40. The first kappa shape index (κ1) is 13.8. The van der Waals surface area contributed by atoms with Gasteiger partial charge < -0.3 is 10.2 Å². The van der Waals surface area contributed by atoms with Crippen LogP contribution in [0.5, 0.6) is 0 Å². The molecule has 0 aliphatic carbocycles. The number of hydrogen-bond acceptors (Lipinski definition) is 3. The Labute approximate surface area is 118 Å². The number of aromatic nitrogens is 1. The van der Waals surface area contributed by atoms with Gasteiger partial charge in [-0.3, -0.25) is 0 Å². The standard InChI is InChI=1S/C14H22BrN3/c1-4-16-9-11-8-12(15)10-17-13(11)18-7-5-6-14(18,2)3/h8,10,16H,4-7,9H2,1-3H3. The second kappa shape index (κ2) is 5.57. The maximum absolute atomic E-state index is 4.65. The summed E-state index contributed by atoms with van der Waals surface area (Å²) in [5, 5.41) is 3.40. The minimum absolute atomic E-state index is 0.224. The van der Waals surface area contributed by atoms with Gasteiger partial charge in [-0.05, 0) is 55.2 Å². The highest BCUT2D eigenvalue weighted by molar-refractivity contribution is 9.10. The number of pyridine rings is 1. The number of nitrogens with zero attached hydrogens (tertiary/aromatic N) is 2. The molecule has 0 spiro atoms. The monoisotopic (exact) mass is 311 g/mol. The average Bonchev–Trinajstić information content (AvgIpc) is 2.66. The predicted octanol–water partition coefficient (Wildman–Crippen LogP) is 3.33. The second-order valence-corrected chi connectivity index (χ2v) is 6.40. The van der Waals surface area contributed by atoms with E-state index < -0.39 is 0 Å². The average molecular weight is 312 g/mol. The fraction of sp³-hybridized carbons (Fsp3) is 0.643. The molecule has 1 fully saturated rings. The summed E-state index contributed by atoms with van der Waals surface area (Å²) in [5.41, 5.74) is 1.50. The maximum Gasteiger partial charge on any atom is 0.133 e. The first-order valence-electron chi connectivity index (χ1n) is 6.67. The van der Waals surface area contributed by atoms with Gasteiger partial charge in [0, 0.05) is 34.9 Å². The molecule has 0 radical (unpaired) electrons. The molecule has 4 heteroatoms. The van der Waals surface area contributed by atoms with E-state index in [9.17, 15) is 0 Å². The Bertz CT molecular complexity index is 418. The lowest BCUT2D eigenvalue weighted by molar-refractivity contribution is 0.512. The molecule has 0 bridgehead atoms. The quantitative estimate of drug-likeness (QED) is 0.924. The van der Waals surface area contributed by atoms with Crippen LogP contribution >= 0.6 is 15.9 Å². The van der Waals surface area contributed by atoms with Crippen LogP contribution in [0.2, 0.25) is 0 Å². The van der Waals surface area contributed by atoms with Crippen molar-refractivity contribution in [1.29, 1.82) is 0 Å². The highest BCUT2D eigenvalue weighted by atomic mass is 79.9. The van der Waals surface area contributed by atoms with Gasteiger partial charge in [0.2, 0.25) is 0 Å². The third kappa shape index (κ3) is 2.86. The van der Waals surface area contributed by atoms with Crippen LogP contribution in [0.4, 0.5) is 5.82 Å². The van der Waals surface area contributed by atoms with Crippen LogP contribution in [0, 0.1) is 0 Å². The zero-order valence-electron chi connectivity index (χ0n) is 11.5. The molecule has 18 heavy (non-hydrogen) atoms. The molecule has 1 aliphatic heterocycles. The third-order valence-corrected chi connectivity index (χ3v) is 4.07. The molecule has 1 aliphatic rings. The summed E-state index contributed by atoms with van der Waals surface area (Å²) in [6.45, 7) is 9.72. The van der Waals surface area contributed by atoms with Gasteiger partial charge >= 0.3 is 0 Å². The first-order valence-corrected chi connectivity index (χ1v) is 7.46. The summed E-state index contributed by atoms with van der Waals surface area (Å²) in [5.74, 6) is 1.14. The number of halogens is 1. The number of anilines is 1. The van der Waals surface area contributed by atoms with Crippen LogP contribution in [-0.4, -0.2) is 23.6 Å². The zero-order valence-corrected chi connectivity index (χ0v) is 13.0. The summed E-state index contributed by atoms with van der Waals surface area (Å²) in [6, 6.07) is 2.18. The lowest BCUT2D eigenvalue weighted by Gasteiger charge is -2.34. The van der Waals surface area contributed by atoms with Gasteiger partial charge in [-0.15, -0.1) is 0 Å². The molecule has 3 nitrogen and oxygen atoms in total. The molecule has 0 amide bonds. The Morgan fingerprint density at radius 1 is 1.50 bits per heavy atom. The highest BCUT2D eigenvalue weighted by Gasteiger charge is 2.33. The Morgan fingerprint density at radius 2 is 2.28 bits per heavy atom. The molecular weight excluding hydrogens is 290 g/mol. The SMILES string of the molecule is CCNCc1cc(Br)cnc1N1CCCC1(C)C. The summed E-state index contributed by atoms with van der Waals surface area (Å²) >= 11 is 3.52. The molecule has 1 N–H and O–H groups in total. The zero-order chi connectivity index (χ0) is 13.2. The van der Waals surface area contributed by atoms with Crippen LogP contribution in [0.25, 0.3) is 0 Å². The van der Waals surface area contributed by atoms with Crippen LogP contribution < -0.4 is 10.2 Å². The van der Waals surface area contributed by atoms with Gasteiger partial charge in [-0.2, -0.15) is 0 Å². The minimum atomic E-state index is 0.224. The van der Waals surface area contributed by atoms with Gasteiger partial charge in [0.1, 0.15) is 5.82 Å². The van der Waals surface area contributed by atoms with E-state index in [1.165, 1.54) is 18.4 Å². The highest BCUT2D eigenvalue weighted by Crippen LogP contribution is 2.34. The number of nitrogens with one attached hydrogen (secondary N) is 1. The van der Waals surface area contributed by atoms with Crippen molar-refractivity contribution in [2.75, 3.05) is 18.0 Å². The van der Waals surface area contributed by atoms with Crippen LogP contribution in [0.3, 0.4) is 0 Å². The van der Waals surface area contributed by atoms with E-state index in [1.807, 2.05) is 6.20 Å². The van der Waals surface area contributed by atoms with Crippen molar-refractivity contribution in [1.82, 2.24) is 10.3 Å². The number of rotatable bonds is 4. The number of hydrogen-bond donors (Lipinski definition) is 1. The Hall–Kier alpha value is -0.610. The van der Waals surface area contributed by atoms with Gasteiger partial charge in [0.05, 0.1) is 0 Å². The van der Waals surface area contributed by atoms with Crippen molar-refractivity contribution >= 4 is 21.7 Å². The molecule has 0 saturated carbocycles. The summed E-state index contributed by atoms with van der Waals surface area (Å²) in [4.78, 5) is 7.10. The molecule has 100 valence electrons. The Kier molecular flexibility index (Phi) is 4.28. The minimum Gasteiger partial charge on any atom is -0.351 e. The van der Waals surface area contributed by atoms with Crippen molar-refractivity contribution in [2.24, 2.45) is 0 Å². The molecule has 2 heterocycles. The third-order valence-electron chi connectivity index (χ3n) is 3.63. The van der Waals surface area contributed by atoms with Crippen LogP contribution in [0.15, 0.2) is 16.7 Å². The smallest absolute Gasteiger partial charge is 0.133 e. The maximum atomic E-state index is 4.65. The van der Waals surface area contributed by atoms with Gasteiger partial charge in [-0.1, -0.05) is 6.92 Å². The van der Waals surface area contributed by atoms with Crippen molar-refractivity contribution in [3.05, 3.63) is 22.3 Å². The van der Waals surface area contributed by atoms with Crippen LogP contribution in [-0.2, 0) is 6.54 Å². The van der Waals surface area contributed by atoms with E-state index in [1.54, 1.807) is 0 Å². The molecular formula is C14H22BrN3. The molecule has 1 saturated heterocycles. The van der Waals surface area contributed by atoms with E-state index in [4.69, 9.17) is 0 Å². The first-order chi connectivity index (χ1) is 8.54. The molecule has 2 rings (SSSR count). The normalized spacial score (nSPS) is 18.3. The van der Waals surface area contributed by atoms with Gasteiger partial charge in [0.25, 0.3) is 0 Å². The van der Waals surface area contributed by atoms with Gasteiger partial charge in [0.15, 0.2) is 0 Å². The topological polar surface area (TPSA) is 28.2 Å². The van der Waals surface area contributed by atoms with Crippen molar-refractivity contribution in [2.45, 2.75) is 45.7 Å². The van der Waals surface area contributed by atoms with E-state index in [0.717, 1.165) is 29.9 Å². The van der Waals surface area contributed by atoms with Crippen LogP contribution in [0.1, 0.15) is 39.2 Å². The summed E-state index contributed by atoms with van der Waals surface area (Å²) in [7, 11) is 0. The molecule has 0 atom stereocenters. The van der Waals surface area contributed by atoms with Crippen molar-refractivity contribution < 1.29 is 0 Å². The molecule has 0 aromatic carbocycles. The van der Waals surface area contributed by atoms with Crippen molar-refractivity contribution in [3.63, 3.8) is 0 Å². The molecule has 0 unspecified atom stereocenters. The largest absolute Gasteiger partial charge is 0.351 e. The Morgan fingerprint density at radius 3 is 2.89 bits per heavy atom. The molecule has 1 aromatic rings. The summed E-state index contributed by atoms with van der Waals surface area (Å²) < 4.78 is 1.05. The predicted molar refractivity (Wildman–Crippen MR) is 80.0 cm³/mol. The second-order valence-electron chi connectivity index (χ2n) is 5.48. The van der Waals surface area contributed by atoms with Crippen molar-refractivity contribution in [3.8, 4) is 0 Å². The van der Waals surface area contributed by atoms with E-state index in [2.05, 4.69) is 58.0 Å². The lowest BCUT2D eigenvalue weighted by atomic mass is 10.0. The van der Waals surface area contributed by atoms with E-state index in [0.29, 0.717) is 0 Å².